The molecule has 1 amide bonds. The van der Waals surface area contributed by atoms with Crippen molar-refractivity contribution in [1.82, 2.24) is 10.6 Å². The first kappa shape index (κ1) is 15.5. The highest BCUT2D eigenvalue weighted by Crippen LogP contribution is 2.35. The van der Waals surface area contributed by atoms with Crippen molar-refractivity contribution in [3.05, 3.63) is 35.4 Å². The molecule has 0 atom stereocenters. The zero-order valence-corrected chi connectivity index (χ0v) is 13.1. The minimum Gasteiger partial charge on any atom is -0.355 e. The highest BCUT2D eigenvalue weighted by Gasteiger charge is 2.40. The van der Waals surface area contributed by atoms with Gasteiger partial charge in [0.15, 0.2) is 5.79 Å². The summed E-state index contributed by atoms with van der Waals surface area (Å²) in [7, 11) is 1.64. The normalized spacial score (nSPS) is 21.1. The molecule has 1 aromatic rings. The largest absolute Gasteiger partial charge is 0.355 e. The van der Waals surface area contributed by atoms with Gasteiger partial charge in [0.05, 0.1) is 13.2 Å². The number of hydrogen-bond donors (Lipinski definition) is 2. The fourth-order valence-electron chi connectivity index (χ4n) is 3.23. The summed E-state index contributed by atoms with van der Waals surface area (Å²) in [6, 6.07) is 8.26. The molecule has 0 radical (unpaired) electrons. The zero-order valence-electron chi connectivity index (χ0n) is 13.1. The predicted octanol–water partition coefficient (Wildman–Crippen LogP) is 1.82. The molecule has 1 spiro atoms. The Morgan fingerprint density at radius 1 is 1.18 bits per heavy atom. The summed E-state index contributed by atoms with van der Waals surface area (Å²) in [5, 5.41) is 6.23. The van der Waals surface area contributed by atoms with Crippen LogP contribution >= 0.6 is 0 Å². The summed E-state index contributed by atoms with van der Waals surface area (Å²) in [6.45, 7) is 2.29. The Hall–Kier alpha value is -1.43. The van der Waals surface area contributed by atoms with Crippen LogP contribution in [0.3, 0.4) is 0 Å². The number of hydrogen-bond acceptors (Lipinski definition) is 4. The van der Waals surface area contributed by atoms with E-state index in [-0.39, 0.29) is 11.7 Å². The van der Waals surface area contributed by atoms with Crippen LogP contribution in [-0.2, 0) is 16.0 Å². The molecule has 1 aromatic carbocycles. The minimum absolute atomic E-state index is 0.0475. The van der Waals surface area contributed by atoms with Crippen LogP contribution in [0.25, 0.3) is 0 Å². The van der Waals surface area contributed by atoms with Crippen LogP contribution < -0.4 is 10.6 Å². The second kappa shape index (κ2) is 6.77. The van der Waals surface area contributed by atoms with E-state index in [0.29, 0.717) is 11.6 Å². The van der Waals surface area contributed by atoms with Gasteiger partial charge in [0.1, 0.15) is 0 Å². The zero-order chi connectivity index (χ0) is 15.4. The van der Waals surface area contributed by atoms with Crippen molar-refractivity contribution in [2.75, 3.05) is 20.3 Å². The molecule has 0 bridgehead atoms. The van der Waals surface area contributed by atoms with Crippen molar-refractivity contribution in [3.63, 3.8) is 0 Å². The van der Waals surface area contributed by atoms with Crippen LogP contribution in [0.15, 0.2) is 24.3 Å². The van der Waals surface area contributed by atoms with Gasteiger partial charge in [-0.2, -0.15) is 0 Å². The average Bonchev–Trinajstić information content (AvgIpc) is 3.02. The van der Waals surface area contributed by atoms with Crippen LogP contribution in [-0.4, -0.2) is 38.0 Å². The summed E-state index contributed by atoms with van der Waals surface area (Å²) in [5.41, 5.74) is 1.89. The van der Waals surface area contributed by atoms with E-state index in [4.69, 9.17) is 9.47 Å². The molecule has 1 heterocycles. The van der Waals surface area contributed by atoms with Gasteiger partial charge in [-0.15, -0.1) is 0 Å². The Bertz CT molecular complexity index is 499. The van der Waals surface area contributed by atoms with Gasteiger partial charge in [-0.25, -0.2) is 0 Å². The van der Waals surface area contributed by atoms with E-state index < -0.39 is 0 Å². The number of carbonyl (C=O) groups is 1. The first-order valence-corrected chi connectivity index (χ1v) is 8.03. The van der Waals surface area contributed by atoms with Crippen LogP contribution in [0.4, 0.5) is 0 Å². The number of carbonyl (C=O) groups excluding carboxylic acids is 1. The van der Waals surface area contributed by atoms with Crippen molar-refractivity contribution >= 4 is 5.91 Å². The summed E-state index contributed by atoms with van der Waals surface area (Å²) in [5.74, 6) is -0.332. The molecule has 2 fully saturated rings. The fourth-order valence-corrected chi connectivity index (χ4v) is 3.23. The van der Waals surface area contributed by atoms with Crippen LogP contribution in [0.1, 0.15) is 41.6 Å². The van der Waals surface area contributed by atoms with Crippen molar-refractivity contribution in [2.24, 2.45) is 0 Å². The van der Waals surface area contributed by atoms with Gasteiger partial charge in [-0.1, -0.05) is 12.1 Å². The molecule has 22 heavy (non-hydrogen) atoms. The quantitative estimate of drug-likeness (QED) is 0.891. The molecule has 1 saturated carbocycles. The highest BCUT2D eigenvalue weighted by molar-refractivity contribution is 5.93. The lowest BCUT2D eigenvalue weighted by Crippen LogP contribution is -2.41. The summed E-state index contributed by atoms with van der Waals surface area (Å²) >= 11 is 0. The maximum atomic E-state index is 11.5. The van der Waals surface area contributed by atoms with E-state index in [9.17, 15) is 4.79 Å². The monoisotopic (exact) mass is 304 g/mol. The standard InChI is InChI=1S/C17H24N2O3/c1-18-16(20)14-4-2-13(3-5-14)12-19-15-6-8-17(9-7-15)21-10-11-22-17/h2-5,15,19H,6-12H2,1H3,(H,18,20). The Morgan fingerprint density at radius 2 is 1.82 bits per heavy atom. The molecule has 0 aromatic heterocycles. The van der Waals surface area contributed by atoms with E-state index in [2.05, 4.69) is 10.6 Å². The molecule has 1 aliphatic heterocycles. The number of benzene rings is 1. The minimum atomic E-state index is -0.284. The Balaban J connectivity index is 1.46. The molecule has 5 heteroatoms. The van der Waals surface area contributed by atoms with Gasteiger partial charge < -0.3 is 20.1 Å². The molecule has 2 aliphatic rings. The Labute approximate surface area is 131 Å². The number of amides is 1. The maximum Gasteiger partial charge on any atom is 0.251 e. The van der Waals surface area contributed by atoms with E-state index >= 15 is 0 Å². The van der Waals surface area contributed by atoms with Crippen molar-refractivity contribution in [3.8, 4) is 0 Å². The third kappa shape index (κ3) is 3.48. The van der Waals surface area contributed by atoms with Crippen molar-refractivity contribution in [2.45, 2.75) is 44.1 Å². The van der Waals surface area contributed by atoms with E-state index in [0.717, 1.165) is 45.4 Å². The fraction of sp³-hybridized carbons (Fsp3) is 0.588. The predicted molar refractivity (Wildman–Crippen MR) is 83.6 cm³/mol. The van der Waals surface area contributed by atoms with Gasteiger partial charge in [0, 0.05) is 38.0 Å². The van der Waals surface area contributed by atoms with Gasteiger partial charge in [0.2, 0.25) is 0 Å². The topological polar surface area (TPSA) is 59.6 Å². The lowest BCUT2D eigenvalue weighted by molar-refractivity contribution is -0.179. The van der Waals surface area contributed by atoms with E-state index in [1.807, 2.05) is 24.3 Å². The van der Waals surface area contributed by atoms with Crippen molar-refractivity contribution < 1.29 is 14.3 Å². The van der Waals surface area contributed by atoms with E-state index in [1.165, 1.54) is 5.56 Å². The molecular weight excluding hydrogens is 280 g/mol. The van der Waals surface area contributed by atoms with Gasteiger partial charge >= 0.3 is 0 Å². The summed E-state index contributed by atoms with van der Waals surface area (Å²) in [4.78, 5) is 11.5. The molecule has 1 saturated heterocycles. The van der Waals surface area contributed by atoms with Gasteiger partial charge in [-0.3, -0.25) is 4.79 Å². The van der Waals surface area contributed by atoms with Crippen LogP contribution in [0.5, 0.6) is 0 Å². The molecule has 3 rings (SSSR count). The number of nitrogens with one attached hydrogen (secondary N) is 2. The third-order valence-corrected chi connectivity index (χ3v) is 4.60. The van der Waals surface area contributed by atoms with Gasteiger partial charge in [-0.05, 0) is 30.5 Å². The SMILES string of the molecule is CNC(=O)c1ccc(CNC2CCC3(CC2)OCCO3)cc1. The summed E-state index contributed by atoms with van der Waals surface area (Å²) < 4.78 is 11.5. The number of ether oxygens (including phenoxy) is 2. The van der Waals surface area contributed by atoms with Crippen LogP contribution in [0.2, 0.25) is 0 Å². The maximum absolute atomic E-state index is 11.5. The molecule has 5 nitrogen and oxygen atoms in total. The highest BCUT2D eigenvalue weighted by atomic mass is 16.7. The first-order chi connectivity index (χ1) is 10.7. The molecule has 120 valence electrons. The summed E-state index contributed by atoms with van der Waals surface area (Å²) in [6.07, 6.45) is 4.10. The average molecular weight is 304 g/mol. The Kier molecular flexibility index (Phi) is 4.76. The van der Waals surface area contributed by atoms with Crippen LogP contribution in [0, 0.1) is 0 Å². The lowest BCUT2D eigenvalue weighted by Gasteiger charge is -2.35. The van der Waals surface area contributed by atoms with E-state index in [1.54, 1.807) is 7.05 Å². The lowest BCUT2D eigenvalue weighted by atomic mass is 9.90. The number of rotatable bonds is 4. The van der Waals surface area contributed by atoms with Crippen molar-refractivity contribution in [1.29, 1.82) is 0 Å². The third-order valence-electron chi connectivity index (χ3n) is 4.60. The first-order valence-electron chi connectivity index (χ1n) is 8.03. The second-order valence-corrected chi connectivity index (χ2v) is 6.04. The molecule has 0 unspecified atom stereocenters. The Morgan fingerprint density at radius 3 is 2.41 bits per heavy atom. The van der Waals surface area contributed by atoms with Gasteiger partial charge in [0.25, 0.3) is 5.91 Å². The molecular formula is C17H24N2O3. The molecule has 2 N–H and O–H groups in total. The smallest absolute Gasteiger partial charge is 0.251 e. The second-order valence-electron chi connectivity index (χ2n) is 6.04. The molecule has 1 aliphatic carbocycles.